The molecule has 1 amide bonds. The number of likely N-dealkylation sites (tertiary alicyclic amines) is 1. The SMILES string of the molecule is Cc1ccc(NS(=O)(=O)c2cccc(C(=O)N3C[C@H](C)C[C@H](C)C3)c2)cc1. The monoisotopic (exact) mass is 386 g/mol. The van der Waals surface area contributed by atoms with Crippen LogP contribution in [0.1, 0.15) is 36.2 Å². The van der Waals surface area contributed by atoms with E-state index in [1.807, 2.05) is 24.0 Å². The van der Waals surface area contributed by atoms with Gasteiger partial charge in [-0.25, -0.2) is 8.42 Å². The molecule has 1 fully saturated rings. The molecule has 1 aliphatic rings. The first-order valence-electron chi connectivity index (χ1n) is 9.23. The molecule has 0 aromatic heterocycles. The standard InChI is InChI=1S/C21H26N2O3S/c1-15-7-9-19(10-8-15)22-27(25,26)20-6-4-5-18(12-20)21(24)23-13-16(2)11-17(3)14-23/h4-10,12,16-17,22H,11,13-14H2,1-3H3/t16-,17+. The molecule has 1 saturated heterocycles. The van der Waals surface area contributed by atoms with E-state index < -0.39 is 10.0 Å². The number of amides is 1. The molecule has 0 spiro atoms. The fourth-order valence-electron chi connectivity index (χ4n) is 3.64. The van der Waals surface area contributed by atoms with E-state index in [1.165, 1.54) is 12.1 Å². The van der Waals surface area contributed by atoms with Crippen molar-refractivity contribution in [3.63, 3.8) is 0 Å². The molecular weight excluding hydrogens is 360 g/mol. The van der Waals surface area contributed by atoms with Gasteiger partial charge >= 0.3 is 0 Å². The highest BCUT2D eigenvalue weighted by Gasteiger charge is 2.27. The number of rotatable bonds is 4. The van der Waals surface area contributed by atoms with Gasteiger partial charge in [0.2, 0.25) is 0 Å². The summed E-state index contributed by atoms with van der Waals surface area (Å²) in [6.07, 6.45) is 1.11. The van der Waals surface area contributed by atoms with Crippen molar-refractivity contribution in [1.29, 1.82) is 0 Å². The Balaban J connectivity index is 1.82. The first kappa shape index (κ1) is 19.4. The minimum atomic E-state index is -3.76. The summed E-state index contributed by atoms with van der Waals surface area (Å²) in [5.41, 5.74) is 1.95. The van der Waals surface area contributed by atoms with Gasteiger partial charge in [-0.1, -0.05) is 37.6 Å². The Hall–Kier alpha value is -2.34. The van der Waals surface area contributed by atoms with Gasteiger partial charge in [0.1, 0.15) is 0 Å². The Morgan fingerprint density at radius 1 is 1.04 bits per heavy atom. The number of anilines is 1. The van der Waals surface area contributed by atoms with Crippen molar-refractivity contribution in [3.05, 3.63) is 59.7 Å². The first-order valence-corrected chi connectivity index (χ1v) is 10.7. The van der Waals surface area contributed by atoms with Crippen molar-refractivity contribution in [1.82, 2.24) is 4.90 Å². The lowest BCUT2D eigenvalue weighted by Gasteiger charge is -2.35. The summed E-state index contributed by atoms with van der Waals surface area (Å²) in [7, 11) is -3.76. The fourth-order valence-corrected chi connectivity index (χ4v) is 4.75. The minimum Gasteiger partial charge on any atom is -0.338 e. The second kappa shape index (κ2) is 7.72. The number of piperidine rings is 1. The van der Waals surface area contributed by atoms with Crippen LogP contribution in [0.15, 0.2) is 53.4 Å². The van der Waals surface area contributed by atoms with E-state index >= 15 is 0 Å². The van der Waals surface area contributed by atoms with Crippen molar-refractivity contribution in [2.75, 3.05) is 17.8 Å². The maximum atomic E-state index is 12.9. The van der Waals surface area contributed by atoms with Gasteiger partial charge < -0.3 is 4.90 Å². The highest BCUT2D eigenvalue weighted by Crippen LogP contribution is 2.24. The Bertz CT molecular complexity index is 913. The highest BCUT2D eigenvalue weighted by molar-refractivity contribution is 7.92. The fraction of sp³-hybridized carbons (Fsp3) is 0.381. The number of nitrogens with one attached hydrogen (secondary N) is 1. The second-order valence-corrected chi connectivity index (χ2v) is 9.34. The average Bonchev–Trinajstić information content (AvgIpc) is 2.62. The van der Waals surface area contributed by atoms with E-state index in [0.717, 1.165) is 12.0 Å². The number of sulfonamides is 1. The highest BCUT2D eigenvalue weighted by atomic mass is 32.2. The molecule has 2 atom stereocenters. The Labute approximate surface area is 161 Å². The van der Waals surface area contributed by atoms with E-state index in [2.05, 4.69) is 18.6 Å². The summed E-state index contributed by atoms with van der Waals surface area (Å²) < 4.78 is 28.0. The normalized spacial score (nSPS) is 20.3. The van der Waals surface area contributed by atoms with Gasteiger partial charge in [0.05, 0.1) is 4.90 Å². The van der Waals surface area contributed by atoms with Crippen LogP contribution in [0.4, 0.5) is 5.69 Å². The molecule has 1 heterocycles. The number of carbonyl (C=O) groups is 1. The molecule has 0 saturated carbocycles. The van der Waals surface area contributed by atoms with E-state index in [1.54, 1.807) is 24.3 Å². The molecule has 0 aliphatic carbocycles. The number of benzene rings is 2. The van der Waals surface area contributed by atoms with Crippen molar-refractivity contribution >= 4 is 21.6 Å². The van der Waals surface area contributed by atoms with Crippen LogP contribution in [-0.2, 0) is 10.0 Å². The molecule has 27 heavy (non-hydrogen) atoms. The zero-order chi connectivity index (χ0) is 19.6. The zero-order valence-electron chi connectivity index (χ0n) is 16.0. The van der Waals surface area contributed by atoms with Gasteiger partial charge in [0, 0.05) is 24.3 Å². The van der Waals surface area contributed by atoms with E-state index in [4.69, 9.17) is 0 Å². The molecule has 1 N–H and O–H groups in total. The molecule has 0 bridgehead atoms. The minimum absolute atomic E-state index is 0.0898. The second-order valence-electron chi connectivity index (χ2n) is 7.66. The van der Waals surface area contributed by atoms with E-state index in [-0.39, 0.29) is 10.8 Å². The van der Waals surface area contributed by atoms with Crippen LogP contribution < -0.4 is 4.72 Å². The third-order valence-electron chi connectivity index (χ3n) is 4.85. The van der Waals surface area contributed by atoms with Gasteiger partial charge in [-0.3, -0.25) is 9.52 Å². The predicted octanol–water partition coefficient (Wildman–Crippen LogP) is 3.91. The van der Waals surface area contributed by atoms with Crippen molar-refractivity contribution in [3.8, 4) is 0 Å². The number of hydrogen-bond acceptors (Lipinski definition) is 3. The molecule has 0 radical (unpaired) electrons. The zero-order valence-corrected chi connectivity index (χ0v) is 16.8. The van der Waals surface area contributed by atoms with Crippen LogP contribution in [0.5, 0.6) is 0 Å². The van der Waals surface area contributed by atoms with Crippen molar-refractivity contribution in [2.45, 2.75) is 32.1 Å². The number of nitrogens with zero attached hydrogens (tertiary/aromatic N) is 1. The van der Waals surface area contributed by atoms with Crippen LogP contribution in [0.2, 0.25) is 0 Å². The van der Waals surface area contributed by atoms with Gasteiger partial charge in [0.15, 0.2) is 0 Å². The van der Waals surface area contributed by atoms with Crippen LogP contribution >= 0.6 is 0 Å². The third-order valence-corrected chi connectivity index (χ3v) is 6.23. The summed E-state index contributed by atoms with van der Waals surface area (Å²) in [6, 6.07) is 13.4. The lowest BCUT2D eigenvalue weighted by atomic mass is 9.91. The predicted molar refractivity (Wildman–Crippen MR) is 107 cm³/mol. The molecule has 1 aliphatic heterocycles. The maximum absolute atomic E-state index is 12.9. The van der Waals surface area contributed by atoms with Gasteiger partial charge in [0.25, 0.3) is 15.9 Å². The number of carbonyl (C=O) groups excluding carboxylic acids is 1. The van der Waals surface area contributed by atoms with Crippen LogP contribution in [0.3, 0.4) is 0 Å². The number of hydrogen-bond donors (Lipinski definition) is 1. The largest absolute Gasteiger partial charge is 0.338 e. The molecule has 144 valence electrons. The average molecular weight is 387 g/mol. The van der Waals surface area contributed by atoms with Crippen LogP contribution in [0.25, 0.3) is 0 Å². The summed E-state index contributed by atoms with van der Waals surface area (Å²) >= 11 is 0. The van der Waals surface area contributed by atoms with E-state index in [9.17, 15) is 13.2 Å². The van der Waals surface area contributed by atoms with Crippen molar-refractivity contribution in [2.24, 2.45) is 11.8 Å². The summed E-state index contributed by atoms with van der Waals surface area (Å²) in [5, 5.41) is 0. The molecule has 0 unspecified atom stereocenters. The molecule has 2 aromatic rings. The Morgan fingerprint density at radius 3 is 2.30 bits per heavy atom. The van der Waals surface area contributed by atoms with E-state index in [0.29, 0.717) is 36.2 Å². The summed E-state index contributed by atoms with van der Waals surface area (Å²) in [4.78, 5) is 14.8. The molecule has 3 rings (SSSR count). The van der Waals surface area contributed by atoms with Gasteiger partial charge in [-0.2, -0.15) is 0 Å². The van der Waals surface area contributed by atoms with Gasteiger partial charge in [-0.15, -0.1) is 0 Å². The first-order chi connectivity index (χ1) is 12.7. The third kappa shape index (κ3) is 4.69. The van der Waals surface area contributed by atoms with Crippen LogP contribution in [-0.4, -0.2) is 32.3 Å². The lowest BCUT2D eigenvalue weighted by Crippen LogP contribution is -2.42. The van der Waals surface area contributed by atoms with Crippen LogP contribution in [0, 0.1) is 18.8 Å². The van der Waals surface area contributed by atoms with Crippen molar-refractivity contribution < 1.29 is 13.2 Å². The molecule has 5 nitrogen and oxygen atoms in total. The molecule has 2 aromatic carbocycles. The Morgan fingerprint density at radius 2 is 1.67 bits per heavy atom. The Kier molecular flexibility index (Phi) is 5.56. The number of aryl methyl sites for hydroxylation is 1. The topological polar surface area (TPSA) is 66.5 Å². The van der Waals surface area contributed by atoms with Gasteiger partial charge in [-0.05, 0) is 55.5 Å². The maximum Gasteiger partial charge on any atom is 0.261 e. The lowest BCUT2D eigenvalue weighted by molar-refractivity contribution is 0.0623. The summed E-state index contributed by atoms with van der Waals surface area (Å²) in [6.45, 7) is 7.64. The quantitative estimate of drug-likeness (QED) is 0.866. The smallest absolute Gasteiger partial charge is 0.261 e. The molecule has 6 heteroatoms. The molecular formula is C21H26N2O3S. The summed E-state index contributed by atoms with van der Waals surface area (Å²) in [5.74, 6) is 0.793.